The summed E-state index contributed by atoms with van der Waals surface area (Å²) in [6.07, 6.45) is 7.06. The molecule has 1 aliphatic carbocycles. The van der Waals surface area contributed by atoms with Crippen LogP contribution in [0.1, 0.15) is 68.7 Å². The van der Waals surface area contributed by atoms with Gasteiger partial charge in [-0.3, -0.25) is 0 Å². The predicted molar refractivity (Wildman–Crippen MR) is 81.4 cm³/mol. The van der Waals surface area contributed by atoms with Crippen molar-refractivity contribution in [1.29, 1.82) is 0 Å². The van der Waals surface area contributed by atoms with Crippen molar-refractivity contribution in [2.24, 2.45) is 5.92 Å². The molecule has 2 rings (SSSR count). The highest BCUT2D eigenvalue weighted by molar-refractivity contribution is 7.12. The van der Waals surface area contributed by atoms with Crippen molar-refractivity contribution in [2.45, 2.75) is 64.3 Å². The zero-order valence-electron chi connectivity index (χ0n) is 12.3. The molecule has 0 saturated heterocycles. The first-order chi connectivity index (χ1) is 8.52. The van der Waals surface area contributed by atoms with Gasteiger partial charge in [-0.1, -0.05) is 40.0 Å². The van der Waals surface area contributed by atoms with E-state index in [-0.39, 0.29) is 5.41 Å². The summed E-state index contributed by atoms with van der Waals surface area (Å²) in [6.45, 7) is 6.91. The molecule has 0 aromatic carbocycles. The second-order valence-electron chi connectivity index (χ2n) is 6.62. The highest BCUT2D eigenvalue weighted by Crippen LogP contribution is 2.39. The fraction of sp³-hybridized carbons (Fsp3) is 0.750. The van der Waals surface area contributed by atoms with Gasteiger partial charge in [-0.15, -0.1) is 11.3 Å². The summed E-state index contributed by atoms with van der Waals surface area (Å²) >= 11 is 2.00. The lowest BCUT2D eigenvalue weighted by atomic mass is 9.83. The van der Waals surface area contributed by atoms with E-state index < -0.39 is 0 Å². The normalized spacial score (nSPS) is 20.0. The van der Waals surface area contributed by atoms with E-state index >= 15 is 0 Å². The molecule has 0 radical (unpaired) electrons. The van der Waals surface area contributed by atoms with Gasteiger partial charge in [-0.2, -0.15) is 0 Å². The van der Waals surface area contributed by atoms with Gasteiger partial charge in [0.05, 0.1) is 0 Å². The molecule has 1 aliphatic rings. The molecule has 0 spiro atoms. The van der Waals surface area contributed by atoms with Crippen LogP contribution in [0.25, 0.3) is 0 Å². The molecule has 1 nitrogen and oxygen atoms in total. The average Bonchev–Trinajstić information content (AvgIpc) is 2.81. The van der Waals surface area contributed by atoms with E-state index in [1.54, 1.807) is 0 Å². The fourth-order valence-corrected chi connectivity index (χ4v) is 4.27. The first kappa shape index (κ1) is 14.1. The average molecular weight is 265 g/mol. The van der Waals surface area contributed by atoms with Crippen molar-refractivity contribution in [3.8, 4) is 0 Å². The molecular weight excluding hydrogens is 238 g/mol. The Balaban J connectivity index is 2.14. The fourth-order valence-electron chi connectivity index (χ4n) is 3.00. The van der Waals surface area contributed by atoms with Gasteiger partial charge in [-0.25, -0.2) is 0 Å². The molecule has 18 heavy (non-hydrogen) atoms. The molecule has 1 aromatic rings. The standard InChI is InChI=1S/C16H27NS/c1-16(2,3)14-11-10-13(18-14)15(17-4)12-8-6-5-7-9-12/h10-12,15,17H,5-9H2,1-4H3. The lowest BCUT2D eigenvalue weighted by molar-refractivity contribution is 0.284. The minimum atomic E-state index is 0.285. The van der Waals surface area contributed by atoms with Gasteiger partial charge in [-0.05, 0) is 43.4 Å². The third kappa shape index (κ3) is 3.16. The largest absolute Gasteiger partial charge is 0.312 e. The van der Waals surface area contributed by atoms with Crippen LogP contribution in [0, 0.1) is 5.92 Å². The molecule has 1 saturated carbocycles. The van der Waals surface area contributed by atoms with E-state index in [4.69, 9.17) is 0 Å². The van der Waals surface area contributed by atoms with Gasteiger partial charge in [0.25, 0.3) is 0 Å². The number of hydrogen-bond donors (Lipinski definition) is 1. The van der Waals surface area contributed by atoms with Gasteiger partial charge in [0.15, 0.2) is 0 Å². The van der Waals surface area contributed by atoms with Crippen LogP contribution in [-0.2, 0) is 5.41 Å². The Kier molecular flexibility index (Phi) is 4.50. The van der Waals surface area contributed by atoms with Crippen molar-refractivity contribution >= 4 is 11.3 Å². The molecule has 1 atom stereocenters. The number of rotatable bonds is 3. The predicted octanol–water partition coefficient (Wildman–Crippen LogP) is 4.89. The molecule has 0 aliphatic heterocycles. The number of nitrogens with one attached hydrogen (secondary N) is 1. The lowest BCUT2D eigenvalue weighted by Gasteiger charge is -2.29. The second kappa shape index (κ2) is 5.75. The van der Waals surface area contributed by atoms with Crippen LogP contribution >= 0.6 is 11.3 Å². The van der Waals surface area contributed by atoms with Crippen molar-refractivity contribution in [2.75, 3.05) is 7.05 Å². The van der Waals surface area contributed by atoms with Gasteiger partial charge >= 0.3 is 0 Å². The third-order valence-corrected chi connectivity index (χ3v) is 5.70. The maximum absolute atomic E-state index is 3.56. The van der Waals surface area contributed by atoms with Crippen LogP contribution in [-0.4, -0.2) is 7.05 Å². The van der Waals surface area contributed by atoms with Crippen LogP contribution < -0.4 is 5.32 Å². The monoisotopic (exact) mass is 265 g/mol. The minimum absolute atomic E-state index is 0.285. The summed E-state index contributed by atoms with van der Waals surface area (Å²) in [4.78, 5) is 3.04. The Hall–Kier alpha value is -0.340. The maximum Gasteiger partial charge on any atom is 0.0441 e. The third-order valence-electron chi connectivity index (χ3n) is 4.10. The summed E-state index contributed by atoms with van der Waals surface area (Å²) < 4.78 is 0. The zero-order chi connectivity index (χ0) is 13.2. The highest BCUT2D eigenvalue weighted by Gasteiger charge is 2.26. The molecule has 102 valence electrons. The molecular formula is C16H27NS. The number of thiophene rings is 1. The minimum Gasteiger partial charge on any atom is -0.312 e. The van der Waals surface area contributed by atoms with E-state index in [1.807, 2.05) is 11.3 Å². The molecule has 1 fully saturated rings. The van der Waals surface area contributed by atoms with Gasteiger partial charge in [0, 0.05) is 15.8 Å². The molecule has 1 aromatic heterocycles. The van der Waals surface area contributed by atoms with Crippen molar-refractivity contribution < 1.29 is 0 Å². The van der Waals surface area contributed by atoms with Crippen molar-refractivity contribution in [3.63, 3.8) is 0 Å². The zero-order valence-corrected chi connectivity index (χ0v) is 13.1. The highest BCUT2D eigenvalue weighted by atomic mass is 32.1. The maximum atomic E-state index is 3.56. The van der Waals surface area contributed by atoms with Crippen LogP contribution in [0.2, 0.25) is 0 Å². The summed E-state index contributed by atoms with van der Waals surface area (Å²) in [5.41, 5.74) is 0.285. The molecule has 0 amide bonds. The van der Waals surface area contributed by atoms with E-state index in [9.17, 15) is 0 Å². The number of hydrogen-bond acceptors (Lipinski definition) is 2. The van der Waals surface area contributed by atoms with Crippen LogP contribution in [0.15, 0.2) is 12.1 Å². The smallest absolute Gasteiger partial charge is 0.0441 e. The first-order valence-corrected chi connectivity index (χ1v) is 8.11. The topological polar surface area (TPSA) is 12.0 Å². The van der Waals surface area contributed by atoms with Crippen LogP contribution in [0.5, 0.6) is 0 Å². The Labute approximate surface area is 116 Å². The first-order valence-electron chi connectivity index (χ1n) is 7.30. The molecule has 0 bridgehead atoms. The molecule has 2 heteroatoms. The Bertz CT molecular complexity index is 369. The van der Waals surface area contributed by atoms with Crippen LogP contribution in [0.3, 0.4) is 0 Å². The summed E-state index contributed by atoms with van der Waals surface area (Å²) in [7, 11) is 2.12. The van der Waals surface area contributed by atoms with Gasteiger partial charge in [0.2, 0.25) is 0 Å². The van der Waals surface area contributed by atoms with E-state index in [0.717, 1.165) is 5.92 Å². The Morgan fingerprint density at radius 1 is 1.17 bits per heavy atom. The van der Waals surface area contributed by atoms with E-state index in [1.165, 1.54) is 41.9 Å². The summed E-state index contributed by atoms with van der Waals surface area (Å²) in [5, 5.41) is 3.56. The van der Waals surface area contributed by atoms with E-state index in [2.05, 4.69) is 45.3 Å². The van der Waals surface area contributed by atoms with Crippen LogP contribution in [0.4, 0.5) is 0 Å². The lowest BCUT2D eigenvalue weighted by Crippen LogP contribution is -2.26. The van der Waals surface area contributed by atoms with Gasteiger partial charge in [0.1, 0.15) is 0 Å². The Morgan fingerprint density at radius 2 is 1.83 bits per heavy atom. The van der Waals surface area contributed by atoms with Crippen molar-refractivity contribution in [1.82, 2.24) is 5.32 Å². The van der Waals surface area contributed by atoms with Gasteiger partial charge < -0.3 is 5.32 Å². The SMILES string of the molecule is CNC(c1ccc(C(C)(C)C)s1)C1CCCCC1. The summed E-state index contributed by atoms with van der Waals surface area (Å²) in [5.74, 6) is 0.843. The molecule has 1 N–H and O–H groups in total. The molecule has 1 unspecified atom stereocenters. The van der Waals surface area contributed by atoms with Crippen molar-refractivity contribution in [3.05, 3.63) is 21.9 Å². The quantitative estimate of drug-likeness (QED) is 0.821. The summed E-state index contributed by atoms with van der Waals surface area (Å²) in [6, 6.07) is 5.25. The Morgan fingerprint density at radius 3 is 2.33 bits per heavy atom. The second-order valence-corrected chi connectivity index (χ2v) is 7.73. The van der Waals surface area contributed by atoms with E-state index in [0.29, 0.717) is 6.04 Å². The molecule has 1 heterocycles.